The van der Waals surface area contributed by atoms with E-state index in [4.69, 9.17) is 4.74 Å². The van der Waals surface area contributed by atoms with E-state index in [-0.39, 0.29) is 12.0 Å². The molecule has 19 heavy (non-hydrogen) atoms. The van der Waals surface area contributed by atoms with Crippen molar-refractivity contribution in [2.24, 2.45) is 0 Å². The van der Waals surface area contributed by atoms with Gasteiger partial charge >= 0.3 is 0 Å². The highest BCUT2D eigenvalue weighted by Crippen LogP contribution is 2.37. The lowest BCUT2D eigenvalue weighted by molar-refractivity contribution is -0.119. The topological polar surface area (TPSA) is 56.2 Å². The summed E-state index contributed by atoms with van der Waals surface area (Å²) in [6.07, 6.45) is 8.65. The minimum Gasteiger partial charge on any atom is -0.376 e. The normalized spacial score (nSPS) is 22.6. The van der Waals surface area contributed by atoms with E-state index in [9.17, 15) is 4.79 Å². The lowest BCUT2D eigenvalue weighted by Crippen LogP contribution is -2.32. The van der Waals surface area contributed by atoms with E-state index in [1.807, 2.05) is 12.4 Å². The molecule has 1 aliphatic carbocycles. The molecule has 0 spiro atoms. The molecule has 1 atom stereocenters. The second-order valence-electron chi connectivity index (χ2n) is 5.08. The minimum absolute atomic E-state index is 0.0610. The number of rotatable bonds is 6. The van der Waals surface area contributed by atoms with Gasteiger partial charge in [-0.15, -0.1) is 0 Å². The Morgan fingerprint density at radius 1 is 1.53 bits per heavy atom. The molecule has 1 saturated heterocycles. The average molecular weight is 281 g/mol. The van der Waals surface area contributed by atoms with Crippen LogP contribution in [0.2, 0.25) is 0 Å². The Labute approximate surface area is 117 Å². The highest BCUT2D eigenvalue weighted by Gasteiger charge is 2.25. The number of carbonyl (C=O) groups excluding carboxylic acids is 1. The first-order valence-electron chi connectivity index (χ1n) is 6.87. The quantitative estimate of drug-likeness (QED) is 0.805. The molecule has 1 saturated carbocycles. The van der Waals surface area contributed by atoms with Gasteiger partial charge in [0.15, 0.2) is 5.16 Å². The molecule has 1 aliphatic heterocycles. The Morgan fingerprint density at radius 2 is 2.42 bits per heavy atom. The average Bonchev–Trinajstić information content (AvgIpc) is 2.94. The van der Waals surface area contributed by atoms with E-state index in [2.05, 4.69) is 14.9 Å². The van der Waals surface area contributed by atoms with Gasteiger partial charge in [0.25, 0.3) is 0 Å². The van der Waals surface area contributed by atoms with Crippen molar-refractivity contribution in [1.29, 1.82) is 0 Å². The monoisotopic (exact) mass is 281 g/mol. The zero-order valence-corrected chi connectivity index (χ0v) is 11.7. The Bertz CT molecular complexity index is 439. The van der Waals surface area contributed by atoms with Crippen molar-refractivity contribution in [3.8, 4) is 0 Å². The maximum Gasteiger partial charge on any atom is 0.230 e. The molecule has 2 heterocycles. The molecule has 104 valence electrons. The van der Waals surface area contributed by atoms with Crippen molar-refractivity contribution in [1.82, 2.24) is 14.9 Å². The summed E-state index contributed by atoms with van der Waals surface area (Å²) in [4.78, 5) is 16.1. The highest BCUT2D eigenvalue weighted by molar-refractivity contribution is 7.99. The van der Waals surface area contributed by atoms with Gasteiger partial charge in [0.2, 0.25) is 5.91 Å². The first-order valence-corrected chi connectivity index (χ1v) is 7.85. The molecule has 0 bridgehead atoms. The van der Waals surface area contributed by atoms with Gasteiger partial charge in [-0.25, -0.2) is 4.98 Å². The summed E-state index contributed by atoms with van der Waals surface area (Å²) in [7, 11) is 0. The zero-order chi connectivity index (χ0) is 13.1. The first kappa shape index (κ1) is 13.0. The molecule has 1 amide bonds. The van der Waals surface area contributed by atoms with Gasteiger partial charge in [0, 0.05) is 31.6 Å². The molecule has 1 aromatic rings. The van der Waals surface area contributed by atoms with Crippen molar-refractivity contribution in [3.63, 3.8) is 0 Å². The Kier molecular flexibility index (Phi) is 4.08. The van der Waals surface area contributed by atoms with Gasteiger partial charge < -0.3 is 14.6 Å². The SMILES string of the molecule is O=C(CSc1nccn1C1CC1)NCC1CCCO1. The first-order chi connectivity index (χ1) is 9.33. The van der Waals surface area contributed by atoms with E-state index in [1.54, 1.807) is 0 Å². The fourth-order valence-corrected chi connectivity index (χ4v) is 3.11. The van der Waals surface area contributed by atoms with E-state index in [0.29, 0.717) is 18.3 Å². The third kappa shape index (κ3) is 3.51. The maximum absolute atomic E-state index is 11.8. The summed E-state index contributed by atoms with van der Waals surface area (Å²) in [5.41, 5.74) is 0. The van der Waals surface area contributed by atoms with Crippen LogP contribution in [0.3, 0.4) is 0 Å². The summed E-state index contributed by atoms with van der Waals surface area (Å²) in [5.74, 6) is 0.488. The van der Waals surface area contributed by atoms with Crippen LogP contribution < -0.4 is 5.32 Å². The zero-order valence-electron chi connectivity index (χ0n) is 10.9. The molecule has 1 N–H and O–H groups in total. The third-order valence-corrected chi connectivity index (χ3v) is 4.44. The minimum atomic E-state index is 0.0610. The number of hydrogen-bond acceptors (Lipinski definition) is 4. The molecular formula is C13H19N3O2S. The second kappa shape index (κ2) is 5.96. The van der Waals surface area contributed by atoms with Crippen LogP contribution in [-0.4, -0.2) is 40.5 Å². The van der Waals surface area contributed by atoms with Crippen LogP contribution in [0.1, 0.15) is 31.7 Å². The summed E-state index contributed by atoms with van der Waals surface area (Å²) < 4.78 is 7.65. The number of nitrogens with one attached hydrogen (secondary N) is 1. The van der Waals surface area contributed by atoms with Crippen LogP contribution >= 0.6 is 11.8 Å². The molecule has 0 radical (unpaired) electrons. The fourth-order valence-electron chi connectivity index (χ4n) is 2.26. The summed E-state index contributed by atoms with van der Waals surface area (Å²) in [5, 5.41) is 3.88. The molecule has 2 fully saturated rings. The fraction of sp³-hybridized carbons (Fsp3) is 0.692. The lowest BCUT2D eigenvalue weighted by atomic mass is 10.2. The second-order valence-corrected chi connectivity index (χ2v) is 6.02. The predicted octanol–water partition coefficient (Wildman–Crippen LogP) is 1.61. The highest BCUT2D eigenvalue weighted by atomic mass is 32.2. The van der Waals surface area contributed by atoms with Gasteiger partial charge in [-0.3, -0.25) is 4.79 Å². The molecule has 2 aliphatic rings. The molecule has 0 aromatic carbocycles. The Morgan fingerprint density at radius 3 is 3.16 bits per heavy atom. The van der Waals surface area contributed by atoms with E-state index in [0.717, 1.165) is 24.6 Å². The van der Waals surface area contributed by atoms with E-state index in [1.165, 1.54) is 24.6 Å². The van der Waals surface area contributed by atoms with Crippen molar-refractivity contribution < 1.29 is 9.53 Å². The predicted molar refractivity (Wildman–Crippen MR) is 73.2 cm³/mol. The number of ether oxygens (including phenoxy) is 1. The van der Waals surface area contributed by atoms with Crippen LogP contribution in [0.4, 0.5) is 0 Å². The summed E-state index contributed by atoms with van der Waals surface area (Å²) in [6.45, 7) is 1.46. The molecule has 3 rings (SSSR count). The maximum atomic E-state index is 11.8. The Balaban J connectivity index is 1.40. The third-order valence-electron chi connectivity index (χ3n) is 3.46. The van der Waals surface area contributed by atoms with Crippen LogP contribution in [0, 0.1) is 0 Å². The molecule has 5 nitrogen and oxygen atoms in total. The molecule has 6 heteroatoms. The smallest absolute Gasteiger partial charge is 0.230 e. The van der Waals surface area contributed by atoms with Crippen molar-refractivity contribution >= 4 is 17.7 Å². The molecule has 1 aromatic heterocycles. The number of nitrogens with zero attached hydrogens (tertiary/aromatic N) is 2. The summed E-state index contributed by atoms with van der Waals surface area (Å²) >= 11 is 1.51. The van der Waals surface area contributed by atoms with Crippen LogP contribution in [0.5, 0.6) is 0 Å². The van der Waals surface area contributed by atoms with Gasteiger partial charge in [0.1, 0.15) is 0 Å². The van der Waals surface area contributed by atoms with Crippen LogP contribution in [0.15, 0.2) is 17.6 Å². The van der Waals surface area contributed by atoms with Crippen molar-refractivity contribution in [2.45, 2.75) is 43.0 Å². The van der Waals surface area contributed by atoms with Gasteiger partial charge in [-0.1, -0.05) is 11.8 Å². The number of aromatic nitrogens is 2. The molecule has 1 unspecified atom stereocenters. The van der Waals surface area contributed by atoms with Gasteiger partial charge in [-0.05, 0) is 25.7 Å². The lowest BCUT2D eigenvalue weighted by Gasteiger charge is -2.10. The van der Waals surface area contributed by atoms with Gasteiger partial charge in [-0.2, -0.15) is 0 Å². The number of carbonyl (C=O) groups is 1. The largest absolute Gasteiger partial charge is 0.376 e. The van der Waals surface area contributed by atoms with Gasteiger partial charge in [0.05, 0.1) is 11.9 Å². The number of thioether (sulfide) groups is 1. The van der Waals surface area contributed by atoms with Crippen molar-refractivity contribution in [3.05, 3.63) is 12.4 Å². The Hall–Kier alpha value is -1.01. The molecular weight excluding hydrogens is 262 g/mol. The van der Waals surface area contributed by atoms with Crippen molar-refractivity contribution in [2.75, 3.05) is 18.9 Å². The number of amides is 1. The van der Waals surface area contributed by atoms with E-state index < -0.39 is 0 Å². The summed E-state index contributed by atoms with van der Waals surface area (Å²) in [6, 6.07) is 0.611. The number of imidazole rings is 1. The number of hydrogen-bond donors (Lipinski definition) is 1. The van der Waals surface area contributed by atoms with E-state index >= 15 is 0 Å². The standard InChI is InChI=1S/C13H19N3O2S/c17-12(15-8-11-2-1-7-18-11)9-19-13-14-5-6-16(13)10-3-4-10/h5-6,10-11H,1-4,7-9H2,(H,15,17). The van der Waals surface area contributed by atoms with Crippen LogP contribution in [0.25, 0.3) is 0 Å². The van der Waals surface area contributed by atoms with Crippen LogP contribution in [-0.2, 0) is 9.53 Å².